The molecule has 0 aromatic heterocycles. The van der Waals surface area contributed by atoms with Gasteiger partial charge >= 0.3 is 59.1 Å². The summed E-state index contributed by atoms with van der Waals surface area (Å²) in [4.78, 5) is 0. The molecule has 0 bridgehead atoms. The van der Waals surface area contributed by atoms with Crippen molar-refractivity contribution < 1.29 is 0 Å². The molecule has 0 saturated carbocycles. The molecule has 2 rings (SSSR count). The second-order valence-electron chi connectivity index (χ2n) is 3.15. The molecule has 0 heterocycles. The maximum atomic E-state index is 2.12. The van der Waals surface area contributed by atoms with Gasteiger partial charge in [0.1, 0.15) is 0 Å². The molecule has 0 radical (unpaired) electrons. The van der Waals surface area contributed by atoms with E-state index in [-0.39, 0.29) is 59.1 Å². The summed E-state index contributed by atoms with van der Waals surface area (Å²) in [5, 5.41) is 0. The van der Waals surface area contributed by atoms with Crippen molar-refractivity contribution in [3.05, 3.63) is 71.8 Å². The molecular formula is C14H14Na2. The van der Waals surface area contributed by atoms with Crippen molar-refractivity contribution in [3.63, 3.8) is 0 Å². The van der Waals surface area contributed by atoms with E-state index in [0.717, 1.165) is 0 Å². The molecule has 0 aliphatic carbocycles. The minimum atomic E-state index is 0. The summed E-state index contributed by atoms with van der Waals surface area (Å²) in [5.74, 6) is 0. The Morgan fingerprint density at radius 2 is 0.812 bits per heavy atom. The molecule has 0 N–H and O–H groups in total. The second kappa shape index (κ2) is 9.23. The molecule has 0 saturated heterocycles. The third-order valence-corrected chi connectivity index (χ3v) is 2.07. The Labute approximate surface area is 141 Å². The fourth-order valence-corrected chi connectivity index (χ4v) is 1.32. The molecule has 2 aromatic carbocycles. The Bertz CT molecular complexity index is 366. The van der Waals surface area contributed by atoms with Crippen LogP contribution in [0, 0.1) is 0 Å². The predicted octanol–water partition coefficient (Wildman–Crippen LogP) is 2.56. The van der Waals surface area contributed by atoms with E-state index in [1.54, 1.807) is 0 Å². The Kier molecular flexibility index (Phi) is 9.34. The quantitative estimate of drug-likeness (QED) is 0.547. The SMILES string of the molecule is C(=C\c1ccccc1)/c1ccccc1.[NaH].[NaH]. The van der Waals surface area contributed by atoms with E-state index in [1.165, 1.54) is 11.1 Å². The van der Waals surface area contributed by atoms with E-state index in [4.69, 9.17) is 0 Å². The van der Waals surface area contributed by atoms with Gasteiger partial charge in [-0.15, -0.1) is 0 Å². The summed E-state index contributed by atoms with van der Waals surface area (Å²) < 4.78 is 0. The summed E-state index contributed by atoms with van der Waals surface area (Å²) in [5.41, 5.74) is 2.47. The van der Waals surface area contributed by atoms with E-state index in [2.05, 4.69) is 36.4 Å². The molecule has 72 valence electrons. The summed E-state index contributed by atoms with van der Waals surface area (Å²) in [6, 6.07) is 20.6. The number of benzene rings is 2. The predicted molar refractivity (Wildman–Crippen MR) is 76.1 cm³/mol. The number of hydrogen-bond acceptors (Lipinski definition) is 0. The second-order valence-corrected chi connectivity index (χ2v) is 3.15. The topological polar surface area (TPSA) is 0 Å². The van der Waals surface area contributed by atoms with Crippen LogP contribution in [0.15, 0.2) is 60.7 Å². The van der Waals surface area contributed by atoms with Crippen molar-refractivity contribution in [2.24, 2.45) is 0 Å². The van der Waals surface area contributed by atoms with E-state index in [9.17, 15) is 0 Å². The van der Waals surface area contributed by atoms with Gasteiger partial charge in [-0.2, -0.15) is 0 Å². The summed E-state index contributed by atoms with van der Waals surface area (Å²) in [7, 11) is 0. The summed E-state index contributed by atoms with van der Waals surface area (Å²) >= 11 is 0. The molecule has 0 atom stereocenters. The van der Waals surface area contributed by atoms with Crippen LogP contribution in [0.3, 0.4) is 0 Å². The van der Waals surface area contributed by atoms with Gasteiger partial charge in [-0.25, -0.2) is 0 Å². The fraction of sp³-hybridized carbons (Fsp3) is 0. The molecule has 2 aromatic rings. The summed E-state index contributed by atoms with van der Waals surface area (Å²) in [6.45, 7) is 0. The Balaban J connectivity index is 0.00000112. The van der Waals surface area contributed by atoms with E-state index in [1.807, 2.05) is 36.4 Å². The average molecular weight is 228 g/mol. The van der Waals surface area contributed by atoms with Crippen molar-refractivity contribution in [1.82, 2.24) is 0 Å². The van der Waals surface area contributed by atoms with Crippen LogP contribution in [-0.2, 0) is 0 Å². The molecule has 0 fully saturated rings. The number of rotatable bonds is 2. The van der Waals surface area contributed by atoms with Gasteiger partial charge in [0.15, 0.2) is 0 Å². The maximum absolute atomic E-state index is 2.12. The third kappa shape index (κ3) is 5.49. The first-order chi connectivity index (χ1) is 6.95. The molecule has 16 heavy (non-hydrogen) atoms. The van der Waals surface area contributed by atoms with Gasteiger partial charge in [-0.3, -0.25) is 0 Å². The van der Waals surface area contributed by atoms with Gasteiger partial charge in [-0.05, 0) is 11.1 Å². The van der Waals surface area contributed by atoms with Gasteiger partial charge in [0.2, 0.25) is 0 Å². The monoisotopic (exact) mass is 228 g/mol. The van der Waals surface area contributed by atoms with Crippen LogP contribution in [0.2, 0.25) is 0 Å². The Hall–Kier alpha value is 0.180. The van der Waals surface area contributed by atoms with E-state index < -0.39 is 0 Å². The van der Waals surface area contributed by atoms with E-state index >= 15 is 0 Å². The van der Waals surface area contributed by atoms with Crippen molar-refractivity contribution >= 4 is 71.3 Å². The molecule has 0 amide bonds. The van der Waals surface area contributed by atoms with Crippen LogP contribution >= 0.6 is 0 Å². The zero-order valence-electron chi connectivity index (χ0n) is 7.93. The first kappa shape index (κ1) is 16.2. The molecule has 2 heteroatoms. The van der Waals surface area contributed by atoms with Crippen LogP contribution < -0.4 is 0 Å². The zero-order chi connectivity index (χ0) is 9.64. The van der Waals surface area contributed by atoms with Crippen molar-refractivity contribution in [2.75, 3.05) is 0 Å². The minimum absolute atomic E-state index is 0. The number of hydrogen-bond donors (Lipinski definition) is 0. The average Bonchev–Trinajstić information content (AvgIpc) is 2.29. The van der Waals surface area contributed by atoms with Crippen molar-refractivity contribution in [1.29, 1.82) is 0 Å². The Morgan fingerprint density at radius 3 is 1.12 bits per heavy atom. The van der Waals surface area contributed by atoms with Crippen molar-refractivity contribution in [3.8, 4) is 0 Å². The third-order valence-electron chi connectivity index (χ3n) is 2.07. The molecule has 0 aliphatic rings. The summed E-state index contributed by atoms with van der Waals surface area (Å²) in [6.07, 6.45) is 4.24. The zero-order valence-corrected chi connectivity index (χ0v) is 7.93. The van der Waals surface area contributed by atoms with Gasteiger partial charge in [-0.1, -0.05) is 72.8 Å². The van der Waals surface area contributed by atoms with Gasteiger partial charge in [0, 0.05) is 0 Å². The standard InChI is InChI=1S/C14H12.2Na.2H/c1-3-7-13(8-4-1)11-12-14-9-5-2-6-10-14;;;;/h1-12H;;;;/b12-11+;;;;. The first-order valence-electron chi connectivity index (χ1n) is 4.73. The molecule has 0 nitrogen and oxygen atoms in total. The molecular weight excluding hydrogens is 214 g/mol. The van der Waals surface area contributed by atoms with Crippen LogP contribution in [0.1, 0.15) is 11.1 Å². The fourth-order valence-electron chi connectivity index (χ4n) is 1.32. The first-order valence-corrected chi connectivity index (χ1v) is 4.73. The van der Waals surface area contributed by atoms with Crippen LogP contribution in [0.4, 0.5) is 0 Å². The van der Waals surface area contributed by atoms with E-state index in [0.29, 0.717) is 0 Å². The molecule has 0 spiro atoms. The Morgan fingerprint density at radius 1 is 0.500 bits per heavy atom. The van der Waals surface area contributed by atoms with Crippen LogP contribution in [0.5, 0.6) is 0 Å². The molecule has 0 unspecified atom stereocenters. The van der Waals surface area contributed by atoms with Crippen LogP contribution in [-0.4, -0.2) is 59.1 Å². The van der Waals surface area contributed by atoms with Gasteiger partial charge in [0.05, 0.1) is 0 Å². The van der Waals surface area contributed by atoms with Crippen molar-refractivity contribution in [2.45, 2.75) is 0 Å². The van der Waals surface area contributed by atoms with Crippen LogP contribution in [0.25, 0.3) is 12.2 Å². The van der Waals surface area contributed by atoms with Gasteiger partial charge in [0.25, 0.3) is 0 Å². The normalized spacial score (nSPS) is 9.25. The molecule has 0 aliphatic heterocycles. The van der Waals surface area contributed by atoms with Gasteiger partial charge < -0.3 is 0 Å².